The number of carboxylic acids is 1. The van der Waals surface area contributed by atoms with E-state index in [-0.39, 0.29) is 38.6 Å². The van der Waals surface area contributed by atoms with Crippen LogP contribution in [0.1, 0.15) is 149 Å². The van der Waals surface area contributed by atoms with E-state index in [1.165, 1.54) is 51.4 Å². The summed E-state index contributed by atoms with van der Waals surface area (Å²) in [4.78, 5) is 37.0. The molecule has 0 rings (SSSR count). The quantitative estimate of drug-likeness (QED) is 0.0217. The highest BCUT2D eigenvalue weighted by Crippen LogP contribution is 2.12. The van der Waals surface area contributed by atoms with Crippen molar-refractivity contribution < 1.29 is 42.9 Å². The predicted molar refractivity (Wildman–Crippen MR) is 230 cm³/mol. The number of carbonyl (C=O) groups is 3. The van der Waals surface area contributed by atoms with Gasteiger partial charge in [0.05, 0.1) is 34.4 Å². The van der Waals surface area contributed by atoms with Gasteiger partial charge < -0.3 is 28.5 Å². The van der Waals surface area contributed by atoms with E-state index in [4.69, 9.17) is 18.9 Å². The van der Waals surface area contributed by atoms with E-state index < -0.39 is 24.3 Å². The minimum absolute atomic E-state index is 0.134. The predicted octanol–water partition coefficient (Wildman–Crippen LogP) is 11.2. The van der Waals surface area contributed by atoms with E-state index in [0.717, 1.165) is 64.2 Å². The van der Waals surface area contributed by atoms with Crippen LogP contribution in [0.25, 0.3) is 0 Å². The second kappa shape index (κ2) is 38.6. The van der Waals surface area contributed by atoms with Crippen LogP contribution in [0, 0.1) is 0 Å². The minimum atomic E-state index is -1.53. The van der Waals surface area contributed by atoms with Crippen molar-refractivity contribution in [3.8, 4) is 0 Å². The second-order valence-corrected chi connectivity index (χ2v) is 15.3. The number of nitrogens with zero attached hydrogens (tertiary/aromatic N) is 1. The van der Waals surface area contributed by atoms with Gasteiger partial charge in [0.1, 0.15) is 13.2 Å². The van der Waals surface area contributed by atoms with Gasteiger partial charge in [0.15, 0.2) is 6.10 Å². The Labute approximate surface area is 341 Å². The number of likely N-dealkylation sites (N-methyl/N-ethyl adjacent to an activating group) is 1. The van der Waals surface area contributed by atoms with Gasteiger partial charge in [-0.1, -0.05) is 138 Å². The van der Waals surface area contributed by atoms with Gasteiger partial charge in [-0.05, 0) is 70.6 Å². The molecule has 0 aliphatic rings. The summed E-state index contributed by atoms with van der Waals surface area (Å²) in [6.07, 6.45) is 44.1. The molecule has 0 spiro atoms. The van der Waals surface area contributed by atoms with Crippen molar-refractivity contribution >= 4 is 17.9 Å². The molecule has 0 aliphatic heterocycles. The van der Waals surface area contributed by atoms with Crippen LogP contribution in [0.2, 0.25) is 0 Å². The molecule has 0 aromatic carbocycles. The number of rotatable bonds is 38. The summed E-state index contributed by atoms with van der Waals surface area (Å²) in [6, 6.07) is 0. The molecule has 0 aliphatic carbocycles. The molecule has 2 unspecified atom stereocenters. The lowest BCUT2D eigenvalue weighted by Gasteiger charge is -2.25. The fraction of sp³-hybridized carbons (Fsp3) is 0.681. The van der Waals surface area contributed by atoms with Gasteiger partial charge in [0.2, 0.25) is 0 Å². The van der Waals surface area contributed by atoms with Gasteiger partial charge in [-0.2, -0.15) is 0 Å². The van der Waals surface area contributed by atoms with Crippen molar-refractivity contribution in [3.63, 3.8) is 0 Å². The Morgan fingerprint density at radius 1 is 0.554 bits per heavy atom. The lowest BCUT2D eigenvalue weighted by atomic mass is 10.1. The van der Waals surface area contributed by atoms with E-state index in [0.29, 0.717) is 17.4 Å². The lowest BCUT2D eigenvalue weighted by molar-refractivity contribution is -0.870. The number of unbranched alkanes of at least 4 members (excludes halogenated alkanes) is 11. The number of hydrogen-bond acceptors (Lipinski definition) is 7. The summed E-state index contributed by atoms with van der Waals surface area (Å²) in [6.45, 7) is 4.61. The van der Waals surface area contributed by atoms with Crippen LogP contribution in [-0.2, 0) is 33.3 Å². The number of carboxylic acid groups (broad SMARTS) is 1. The molecular formula is C47H80NO8+. The first-order chi connectivity index (χ1) is 27.1. The standard InChI is InChI=1S/C47H79NO8/c1-6-8-10-12-14-16-18-20-21-22-23-24-26-27-29-31-33-35-37-44(49)54-41-43(42-55-47(46(51)52)53-40-39-48(3,4)5)56-45(50)38-36-34-32-30-28-25-19-17-15-13-11-9-7-2/h9,11,15-18,21-22,25,28,32,34,43,47H,6-8,10,12-14,19-20,23-24,26-27,29-31,33,35-42H2,1-5H3/p+1/b11-9-,17-15-,18-16-,22-21-,28-25-,34-32-. The molecule has 0 saturated carbocycles. The first-order valence-corrected chi connectivity index (χ1v) is 21.6. The molecule has 0 aromatic heterocycles. The van der Waals surface area contributed by atoms with Gasteiger partial charge in [-0.25, -0.2) is 4.79 Å². The summed E-state index contributed by atoms with van der Waals surface area (Å²) < 4.78 is 22.6. The molecule has 2 atom stereocenters. The zero-order chi connectivity index (χ0) is 41.4. The molecule has 0 saturated heterocycles. The van der Waals surface area contributed by atoms with Crippen molar-refractivity contribution in [2.24, 2.45) is 0 Å². The fourth-order valence-corrected chi connectivity index (χ4v) is 5.35. The van der Waals surface area contributed by atoms with Gasteiger partial charge in [-0.15, -0.1) is 0 Å². The molecular weight excluding hydrogens is 707 g/mol. The molecule has 9 heteroatoms. The van der Waals surface area contributed by atoms with Crippen LogP contribution in [0.5, 0.6) is 0 Å². The number of hydrogen-bond donors (Lipinski definition) is 1. The Kier molecular flexibility index (Phi) is 36.3. The molecule has 320 valence electrons. The number of esters is 2. The smallest absolute Gasteiger partial charge is 0.361 e. The molecule has 0 heterocycles. The summed E-state index contributed by atoms with van der Waals surface area (Å²) in [7, 11) is 5.92. The van der Waals surface area contributed by atoms with Crippen molar-refractivity contribution in [3.05, 3.63) is 72.9 Å². The maximum absolute atomic E-state index is 12.7. The topological polar surface area (TPSA) is 108 Å². The Morgan fingerprint density at radius 3 is 1.59 bits per heavy atom. The van der Waals surface area contributed by atoms with Gasteiger partial charge in [0, 0.05) is 12.8 Å². The summed E-state index contributed by atoms with van der Waals surface area (Å²) in [5.74, 6) is -2.14. The molecule has 56 heavy (non-hydrogen) atoms. The monoisotopic (exact) mass is 787 g/mol. The van der Waals surface area contributed by atoms with E-state index in [1.54, 1.807) is 0 Å². The summed E-state index contributed by atoms with van der Waals surface area (Å²) in [5.41, 5.74) is 0. The first-order valence-electron chi connectivity index (χ1n) is 21.6. The maximum atomic E-state index is 12.7. The summed E-state index contributed by atoms with van der Waals surface area (Å²) in [5, 5.41) is 9.61. The number of allylic oxidation sites excluding steroid dienone is 12. The zero-order valence-corrected chi connectivity index (χ0v) is 36.0. The van der Waals surface area contributed by atoms with Crippen molar-refractivity contribution in [2.75, 3.05) is 47.5 Å². The maximum Gasteiger partial charge on any atom is 0.361 e. The second-order valence-electron chi connectivity index (χ2n) is 15.3. The highest BCUT2D eigenvalue weighted by Gasteiger charge is 2.25. The molecule has 0 fully saturated rings. The van der Waals surface area contributed by atoms with Crippen LogP contribution < -0.4 is 0 Å². The van der Waals surface area contributed by atoms with Crippen LogP contribution in [0.4, 0.5) is 0 Å². The third-order valence-electron chi connectivity index (χ3n) is 8.71. The van der Waals surface area contributed by atoms with Gasteiger partial charge in [-0.3, -0.25) is 9.59 Å². The third-order valence-corrected chi connectivity index (χ3v) is 8.71. The molecule has 0 bridgehead atoms. The van der Waals surface area contributed by atoms with E-state index in [1.807, 2.05) is 33.3 Å². The van der Waals surface area contributed by atoms with E-state index in [9.17, 15) is 19.5 Å². The van der Waals surface area contributed by atoms with Crippen molar-refractivity contribution in [2.45, 2.75) is 161 Å². The van der Waals surface area contributed by atoms with E-state index in [2.05, 4.69) is 74.6 Å². The number of aliphatic carboxylic acids is 1. The number of quaternary nitrogens is 1. The van der Waals surface area contributed by atoms with Crippen molar-refractivity contribution in [1.29, 1.82) is 0 Å². The number of carbonyl (C=O) groups excluding carboxylic acids is 2. The molecule has 1 N–H and O–H groups in total. The van der Waals surface area contributed by atoms with Crippen LogP contribution >= 0.6 is 0 Å². The SMILES string of the molecule is CC/C=C\C/C=C\C/C=C\C/C=C\CCC(=O)OC(COC(=O)CCCCCCCCC/C=C\C/C=C\CCCCCC)COC(OCC[N+](C)(C)C)C(=O)O. The Balaban J connectivity index is 4.55. The van der Waals surface area contributed by atoms with Gasteiger partial charge in [0.25, 0.3) is 6.29 Å². The summed E-state index contributed by atoms with van der Waals surface area (Å²) >= 11 is 0. The zero-order valence-electron chi connectivity index (χ0n) is 36.0. The largest absolute Gasteiger partial charge is 0.477 e. The number of ether oxygens (including phenoxy) is 4. The highest BCUT2D eigenvalue weighted by molar-refractivity contribution is 5.71. The Morgan fingerprint density at radius 2 is 1.05 bits per heavy atom. The fourth-order valence-electron chi connectivity index (χ4n) is 5.35. The Hall–Kier alpha value is -3.27. The van der Waals surface area contributed by atoms with Gasteiger partial charge >= 0.3 is 17.9 Å². The molecule has 0 amide bonds. The lowest BCUT2D eigenvalue weighted by Crippen LogP contribution is -2.40. The molecule has 9 nitrogen and oxygen atoms in total. The van der Waals surface area contributed by atoms with Crippen molar-refractivity contribution in [1.82, 2.24) is 0 Å². The minimum Gasteiger partial charge on any atom is -0.477 e. The van der Waals surface area contributed by atoms with E-state index >= 15 is 0 Å². The molecule has 0 aromatic rings. The highest BCUT2D eigenvalue weighted by atomic mass is 16.7. The average molecular weight is 787 g/mol. The molecule has 0 radical (unpaired) electrons. The van der Waals surface area contributed by atoms with Crippen LogP contribution in [-0.4, -0.2) is 87.4 Å². The third kappa shape index (κ3) is 39.0. The van der Waals surface area contributed by atoms with Crippen LogP contribution in [0.15, 0.2) is 72.9 Å². The first kappa shape index (κ1) is 52.7. The Bertz CT molecular complexity index is 1150. The average Bonchev–Trinajstić information content (AvgIpc) is 3.15. The van der Waals surface area contributed by atoms with Crippen LogP contribution in [0.3, 0.4) is 0 Å². The normalized spacial score (nSPS) is 13.7.